The first-order valence-corrected chi connectivity index (χ1v) is 12.0. The minimum atomic E-state index is -0.491. The number of anilines is 1. The lowest BCUT2D eigenvalue weighted by Gasteiger charge is -2.33. The summed E-state index contributed by atoms with van der Waals surface area (Å²) in [6.45, 7) is 7.92. The van der Waals surface area contributed by atoms with E-state index in [1.54, 1.807) is 26.4 Å². The molecule has 0 spiro atoms. The molecule has 1 fully saturated rings. The number of carbonyl (C=O) groups is 1. The van der Waals surface area contributed by atoms with Crippen LogP contribution in [0.2, 0.25) is 5.02 Å². The number of ether oxygens (including phenoxy) is 3. The van der Waals surface area contributed by atoms with Gasteiger partial charge in [0.25, 0.3) is 0 Å². The first-order valence-electron chi connectivity index (χ1n) is 11.7. The number of nitrogens with one attached hydrogen (secondary N) is 1. The smallest absolute Gasteiger partial charge is 0.407 e. The van der Waals surface area contributed by atoms with Crippen molar-refractivity contribution in [1.82, 2.24) is 19.7 Å². The van der Waals surface area contributed by atoms with Crippen LogP contribution in [0.25, 0.3) is 17.0 Å². The number of amides is 1. The lowest BCUT2D eigenvalue weighted by molar-refractivity contribution is 0.0516. The van der Waals surface area contributed by atoms with E-state index in [1.807, 2.05) is 43.6 Å². The van der Waals surface area contributed by atoms with Gasteiger partial charge in [0, 0.05) is 43.7 Å². The molecule has 0 unspecified atom stereocenters. The molecule has 10 heteroatoms. The summed E-state index contributed by atoms with van der Waals surface area (Å²) in [6, 6.07) is 5.54. The fourth-order valence-corrected chi connectivity index (χ4v) is 4.38. The Morgan fingerprint density at radius 3 is 2.51 bits per heavy atom. The average molecular weight is 502 g/mol. The van der Waals surface area contributed by atoms with Crippen LogP contribution in [0.3, 0.4) is 0 Å². The summed E-state index contributed by atoms with van der Waals surface area (Å²) in [7, 11) is 3.17. The second-order valence-corrected chi connectivity index (χ2v) is 10.0. The minimum absolute atomic E-state index is 0.364. The van der Waals surface area contributed by atoms with Crippen LogP contribution in [-0.2, 0) is 4.74 Å². The molecular formula is C25H32ClN5O4. The number of aromatic nitrogens is 3. The molecule has 0 radical (unpaired) electrons. The van der Waals surface area contributed by atoms with E-state index < -0.39 is 5.60 Å². The number of benzene rings is 1. The zero-order valence-corrected chi connectivity index (χ0v) is 21.6. The SMILES string of the molecule is COc1cc(OC)c(-c2cn3ccc(N4CCC(CNC(=O)OC(C)(C)C)CC4)nc3n2)cc1Cl. The van der Waals surface area contributed by atoms with Crippen LogP contribution in [0.4, 0.5) is 10.6 Å². The van der Waals surface area contributed by atoms with Gasteiger partial charge in [-0.3, -0.25) is 4.40 Å². The van der Waals surface area contributed by atoms with E-state index in [9.17, 15) is 4.79 Å². The van der Waals surface area contributed by atoms with E-state index >= 15 is 0 Å². The van der Waals surface area contributed by atoms with Crippen LogP contribution < -0.4 is 19.7 Å². The van der Waals surface area contributed by atoms with Crippen molar-refractivity contribution in [1.29, 1.82) is 0 Å². The fraction of sp³-hybridized carbons (Fsp3) is 0.480. The van der Waals surface area contributed by atoms with Gasteiger partial charge >= 0.3 is 6.09 Å². The number of hydrogen-bond acceptors (Lipinski definition) is 7. The third-order valence-corrected chi connectivity index (χ3v) is 6.23. The van der Waals surface area contributed by atoms with E-state index in [-0.39, 0.29) is 6.09 Å². The number of piperidine rings is 1. The number of carbonyl (C=O) groups excluding carboxylic acids is 1. The van der Waals surface area contributed by atoms with Gasteiger partial charge in [-0.05, 0) is 51.7 Å². The van der Waals surface area contributed by atoms with Crippen LogP contribution in [-0.4, -0.2) is 59.9 Å². The van der Waals surface area contributed by atoms with Gasteiger partial charge in [0.2, 0.25) is 5.78 Å². The third kappa shape index (κ3) is 5.90. The van der Waals surface area contributed by atoms with Gasteiger partial charge in [-0.25, -0.2) is 9.78 Å². The van der Waals surface area contributed by atoms with Gasteiger partial charge in [-0.15, -0.1) is 0 Å². The van der Waals surface area contributed by atoms with Crippen molar-refractivity contribution in [2.45, 2.75) is 39.2 Å². The quantitative estimate of drug-likeness (QED) is 0.518. The molecule has 1 saturated heterocycles. The van der Waals surface area contributed by atoms with Crippen molar-refractivity contribution in [2.24, 2.45) is 5.92 Å². The largest absolute Gasteiger partial charge is 0.496 e. The molecule has 0 atom stereocenters. The highest BCUT2D eigenvalue weighted by Gasteiger charge is 2.23. The summed E-state index contributed by atoms with van der Waals surface area (Å²) in [5, 5.41) is 3.37. The first kappa shape index (κ1) is 24.9. The van der Waals surface area contributed by atoms with Gasteiger partial charge in [-0.2, -0.15) is 4.98 Å². The highest BCUT2D eigenvalue weighted by atomic mass is 35.5. The Balaban J connectivity index is 1.43. The van der Waals surface area contributed by atoms with Crippen LogP contribution >= 0.6 is 11.6 Å². The number of nitrogens with zero attached hydrogens (tertiary/aromatic N) is 4. The molecule has 1 aromatic carbocycles. The predicted molar refractivity (Wildman–Crippen MR) is 136 cm³/mol. The number of alkyl carbamates (subject to hydrolysis) is 1. The monoisotopic (exact) mass is 501 g/mol. The number of halogens is 1. The van der Waals surface area contributed by atoms with Gasteiger partial charge < -0.3 is 24.4 Å². The summed E-state index contributed by atoms with van der Waals surface area (Å²) in [5.74, 6) is 3.05. The minimum Gasteiger partial charge on any atom is -0.496 e. The van der Waals surface area contributed by atoms with Gasteiger partial charge in [-0.1, -0.05) is 11.6 Å². The molecule has 0 bridgehead atoms. The number of hydrogen-bond donors (Lipinski definition) is 1. The predicted octanol–water partition coefficient (Wildman–Crippen LogP) is 4.81. The van der Waals surface area contributed by atoms with Crippen molar-refractivity contribution in [2.75, 3.05) is 38.8 Å². The zero-order valence-electron chi connectivity index (χ0n) is 20.8. The zero-order chi connectivity index (χ0) is 25.2. The number of rotatable bonds is 6. The first-order chi connectivity index (χ1) is 16.7. The van der Waals surface area contributed by atoms with Crippen molar-refractivity contribution in [3.63, 3.8) is 0 Å². The molecular weight excluding hydrogens is 470 g/mol. The van der Waals surface area contributed by atoms with E-state index in [4.69, 9.17) is 35.8 Å². The highest BCUT2D eigenvalue weighted by molar-refractivity contribution is 6.32. The average Bonchev–Trinajstić information content (AvgIpc) is 3.25. The molecule has 1 aliphatic heterocycles. The Bertz CT molecular complexity index is 1200. The van der Waals surface area contributed by atoms with E-state index in [2.05, 4.69) is 10.2 Å². The van der Waals surface area contributed by atoms with Gasteiger partial charge in [0.1, 0.15) is 22.9 Å². The van der Waals surface area contributed by atoms with Crippen molar-refractivity contribution in [3.8, 4) is 22.8 Å². The van der Waals surface area contributed by atoms with E-state index in [0.717, 1.165) is 37.3 Å². The Morgan fingerprint density at radius 2 is 1.86 bits per heavy atom. The second-order valence-electron chi connectivity index (χ2n) is 9.62. The Hall–Kier alpha value is -3.20. The molecule has 0 aliphatic carbocycles. The lowest BCUT2D eigenvalue weighted by Crippen LogP contribution is -2.40. The molecule has 3 heterocycles. The normalized spacial score (nSPS) is 14.7. The van der Waals surface area contributed by atoms with Gasteiger partial charge in [0.05, 0.1) is 24.9 Å². The van der Waals surface area contributed by atoms with Crippen LogP contribution in [0.5, 0.6) is 11.5 Å². The molecule has 9 nitrogen and oxygen atoms in total. The van der Waals surface area contributed by atoms with E-state index in [1.165, 1.54) is 0 Å². The van der Waals surface area contributed by atoms with Crippen LogP contribution in [0.15, 0.2) is 30.6 Å². The number of fused-ring (bicyclic) bond motifs is 1. The Labute approximate surface area is 210 Å². The second kappa shape index (κ2) is 10.2. The van der Waals surface area contributed by atoms with Crippen LogP contribution in [0, 0.1) is 5.92 Å². The fourth-order valence-electron chi connectivity index (χ4n) is 4.14. The molecule has 35 heavy (non-hydrogen) atoms. The molecule has 1 aliphatic rings. The lowest BCUT2D eigenvalue weighted by atomic mass is 9.97. The van der Waals surface area contributed by atoms with Gasteiger partial charge in [0.15, 0.2) is 0 Å². The Morgan fingerprint density at radius 1 is 1.14 bits per heavy atom. The van der Waals surface area contributed by atoms with Crippen LogP contribution in [0.1, 0.15) is 33.6 Å². The number of methoxy groups -OCH3 is 2. The highest BCUT2D eigenvalue weighted by Crippen LogP contribution is 2.38. The molecule has 2 aromatic heterocycles. The summed E-state index contributed by atoms with van der Waals surface area (Å²) in [5.41, 5.74) is 0.988. The summed E-state index contributed by atoms with van der Waals surface area (Å²) in [4.78, 5) is 23.7. The summed E-state index contributed by atoms with van der Waals surface area (Å²) < 4.78 is 18.0. The maximum Gasteiger partial charge on any atom is 0.407 e. The standard InChI is InChI=1S/C25H32ClN5O4/c1-25(2,3)35-24(32)27-14-16-6-9-30(10-7-16)22-8-11-31-15-19(28-23(31)29-22)17-12-18(26)21(34-5)13-20(17)33-4/h8,11-13,15-16H,6-7,9-10,14H2,1-5H3,(H,27,32). The van der Waals surface area contributed by atoms with Crippen molar-refractivity contribution >= 4 is 29.3 Å². The summed E-state index contributed by atoms with van der Waals surface area (Å²) >= 11 is 6.35. The molecule has 188 valence electrons. The summed E-state index contributed by atoms with van der Waals surface area (Å²) in [6.07, 6.45) is 5.42. The van der Waals surface area contributed by atoms with Crippen molar-refractivity contribution in [3.05, 3.63) is 35.6 Å². The Kier molecular flexibility index (Phi) is 7.25. The van der Waals surface area contributed by atoms with Crippen molar-refractivity contribution < 1.29 is 19.0 Å². The topological polar surface area (TPSA) is 90.2 Å². The molecule has 0 saturated carbocycles. The molecule has 4 rings (SSSR count). The number of imidazole rings is 1. The molecule has 3 aromatic rings. The maximum absolute atomic E-state index is 11.9. The molecule has 1 N–H and O–H groups in total. The molecule has 1 amide bonds. The third-order valence-electron chi connectivity index (χ3n) is 5.93. The maximum atomic E-state index is 11.9. The van der Waals surface area contributed by atoms with E-state index in [0.29, 0.717) is 40.5 Å².